The second-order valence-corrected chi connectivity index (χ2v) is 6.19. The molecule has 27 heavy (non-hydrogen) atoms. The number of aromatic nitrogens is 3. The van der Waals surface area contributed by atoms with Crippen LogP contribution in [0.5, 0.6) is 5.75 Å². The third-order valence-electron chi connectivity index (χ3n) is 4.43. The minimum absolute atomic E-state index is 0.137. The summed E-state index contributed by atoms with van der Waals surface area (Å²) in [7, 11) is 0. The third kappa shape index (κ3) is 3.22. The number of nitriles is 1. The number of nitrogen functional groups attached to an aromatic ring is 1. The molecule has 3 N–H and O–H groups in total. The van der Waals surface area contributed by atoms with Gasteiger partial charge in [-0.2, -0.15) is 5.26 Å². The Kier molecular flexibility index (Phi) is 4.26. The van der Waals surface area contributed by atoms with Crippen molar-refractivity contribution < 1.29 is 9.15 Å². The summed E-state index contributed by atoms with van der Waals surface area (Å²) in [5, 5.41) is 17.3. The van der Waals surface area contributed by atoms with Gasteiger partial charge in [0.2, 0.25) is 0 Å². The zero-order valence-electron chi connectivity index (χ0n) is 14.3. The average Bonchev–Trinajstić information content (AvgIpc) is 3.23. The van der Waals surface area contributed by atoms with Gasteiger partial charge in [0, 0.05) is 11.3 Å². The highest BCUT2D eigenvalue weighted by Gasteiger charge is 2.25. The van der Waals surface area contributed by atoms with E-state index < -0.39 is 0 Å². The molecule has 0 bridgehead atoms. The number of hydrogen-bond donors (Lipinski definition) is 2. The molecule has 8 heteroatoms. The van der Waals surface area contributed by atoms with Gasteiger partial charge in [0.05, 0.1) is 18.1 Å². The topological polar surface area (TPSA) is 135 Å². The summed E-state index contributed by atoms with van der Waals surface area (Å²) in [5.74, 6) is 0.907. The van der Waals surface area contributed by atoms with E-state index in [0.29, 0.717) is 28.5 Å². The molecule has 3 aromatic rings. The van der Waals surface area contributed by atoms with Gasteiger partial charge in [0.1, 0.15) is 29.3 Å². The highest BCUT2D eigenvalue weighted by Crippen LogP contribution is 2.33. The summed E-state index contributed by atoms with van der Waals surface area (Å²) in [6.45, 7) is 0. The van der Waals surface area contributed by atoms with Crippen LogP contribution in [0.3, 0.4) is 0 Å². The quantitative estimate of drug-likeness (QED) is 0.539. The number of hydrogen-bond acceptors (Lipinski definition) is 8. The Morgan fingerprint density at radius 2 is 2.26 bits per heavy atom. The van der Waals surface area contributed by atoms with Gasteiger partial charge >= 0.3 is 0 Å². The number of ether oxygens (including phenoxy) is 1. The summed E-state index contributed by atoms with van der Waals surface area (Å²) in [6.07, 6.45) is 6.42. The number of nitrogens with zero attached hydrogens (tertiary/aromatic N) is 4. The van der Waals surface area contributed by atoms with Crippen molar-refractivity contribution in [2.75, 3.05) is 5.73 Å². The first-order valence-corrected chi connectivity index (χ1v) is 8.45. The van der Waals surface area contributed by atoms with Crippen LogP contribution in [0.1, 0.15) is 47.4 Å². The Labute approximate surface area is 155 Å². The van der Waals surface area contributed by atoms with E-state index in [2.05, 4.69) is 15.0 Å². The molecule has 0 spiro atoms. The smallest absolute Gasteiger partial charge is 0.181 e. The Bertz CT molecular complexity index is 1040. The summed E-state index contributed by atoms with van der Waals surface area (Å²) >= 11 is 0. The van der Waals surface area contributed by atoms with E-state index in [-0.39, 0.29) is 11.8 Å². The molecule has 1 aliphatic carbocycles. The first-order chi connectivity index (χ1) is 13.2. The van der Waals surface area contributed by atoms with Crippen LogP contribution in [-0.2, 0) is 6.42 Å². The van der Waals surface area contributed by atoms with Gasteiger partial charge in [-0.1, -0.05) is 0 Å². The number of nitrogens with one attached hydrogen (secondary N) is 1. The molecule has 1 aliphatic rings. The molecule has 0 radical (unpaired) electrons. The lowest BCUT2D eigenvalue weighted by Gasteiger charge is -2.25. The van der Waals surface area contributed by atoms with E-state index in [4.69, 9.17) is 25.6 Å². The van der Waals surface area contributed by atoms with Crippen LogP contribution >= 0.6 is 0 Å². The molecule has 0 saturated carbocycles. The van der Waals surface area contributed by atoms with Crippen molar-refractivity contribution in [3.8, 4) is 11.8 Å². The van der Waals surface area contributed by atoms with E-state index in [1.165, 1.54) is 18.8 Å². The maximum absolute atomic E-state index is 9.00. The van der Waals surface area contributed by atoms with E-state index in [1.807, 2.05) is 6.07 Å². The van der Waals surface area contributed by atoms with E-state index in [1.54, 1.807) is 18.2 Å². The molecule has 2 heterocycles. The van der Waals surface area contributed by atoms with Gasteiger partial charge in [-0.05, 0) is 37.5 Å². The molecule has 1 unspecified atom stereocenters. The van der Waals surface area contributed by atoms with Crippen LogP contribution < -0.4 is 10.5 Å². The summed E-state index contributed by atoms with van der Waals surface area (Å²) in [4.78, 5) is 12.6. The molecule has 2 aromatic heterocycles. The number of nitrogens with two attached hydrogens (primary N) is 1. The lowest BCUT2D eigenvalue weighted by atomic mass is 9.97. The predicted molar refractivity (Wildman–Crippen MR) is 96.3 cm³/mol. The maximum Gasteiger partial charge on any atom is 0.181 e. The van der Waals surface area contributed by atoms with Crippen molar-refractivity contribution in [2.45, 2.75) is 25.4 Å². The van der Waals surface area contributed by atoms with Crippen LogP contribution in [0.15, 0.2) is 41.4 Å². The van der Waals surface area contributed by atoms with Crippen molar-refractivity contribution in [1.29, 1.82) is 10.7 Å². The van der Waals surface area contributed by atoms with Crippen molar-refractivity contribution in [3.63, 3.8) is 0 Å². The fourth-order valence-corrected chi connectivity index (χ4v) is 3.11. The van der Waals surface area contributed by atoms with Gasteiger partial charge in [0.25, 0.3) is 0 Å². The minimum atomic E-state index is -0.259. The monoisotopic (exact) mass is 360 g/mol. The van der Waals surface area contributed by atoms with Gasteiger partial charge < -0.3 is 14.9 Å². The van der Waals surface area contributed by atoms with E-state index in [0.717, 1.165) is 30.7 Å². The van der Waals surface area contributed by atoms with E-state index >= 15 is 0 Å². The highest BCUT2D eigenvalue weighted by atomic mass is 16.5. The lowest BCUT2D eigenvalue weighted by Crippen LogP contribution is -2.19. The van der Waals surface area contributed by atoms with Crippen LogP contribution in [0, 0.1) is 16.7 Å². The third-order valence-corrected chi connectivity index (χ3v) is 4.43. The van der Waals surface area contributed by atoms with Gasteiger partial charge in [-0.3, -0.25) is 10.4 Å². The van der Waals surface area contributed by atoms with Crippen molar-refractivity contribution in [2.24, 2.45) is 0 Å². The second kappa shape index (κ2) is 6.88. The standard InChI is InChI=1S/C19H16N6O2/c20-7-11-8-24-19-15(25-11)2-1-3-16(19)27-12-4-5-14(21)13(6-12)18(22)17-9-23-10-26-17/h4-6,8-10,16,22H,1-3,21H2. The Morgan fingerprint density at radius 1 is 1.37 bits per heavy atom. The molecular formula is C19H16N6O2. The van der Waals surface area contributed by atoms with Gasteiger partial charge in [0.15, 0.2) is 17.8 Å². The molecule has 1 aromatic carbocycles. The highest BCUT2D eigenvalue weighted by molar-refractivity contribution is 6.12. The van der Waals surface area contributed by atoms with Crippen LogP contribution in [-0.4, -0.2) is 20.7 Å². The molecule has 4 rings (SSSR count). The first-order valence-electron chi connectivity index (χ1n) is 8.45. The van der Waals surface area contributed by atoms with E-state index in [9.17, 15) is 0 Å². The van der Waals surface area contributed by atoms with Gasteiger partial charge in [-0.15, -0.1) is 0 Å². The fourth-order valence-electron chi connectivity index (χ4n) is 3.11. The number of fused-ring (bicyclic) bond motifs is 1. The minimum Gasteiger partial charge on any atom is -0.484 e. The van der Waals surface area contributed by atoms with Crippen LogP contribution in [0.2, 0.25) is 0 Å². The molecule has 0 fully saturated rings. The molecule has 0 amide bonds. The number of aryl methyl sites for hydroxylation is 1. The lowest BCUT2D eigenvalue weighted by molar-refractivity contribution is 0.177. The summed E-state index contributed by atoms with van der Waals surface area (Å²) in [6, 6.07) is 7.19. The Morgan fingerprint density at radius 3 is 3.04 bits per heavy atom. The zero-order chi connectivity index (χ0) is 18.8. The largest absolute Gasteiger partial charge is 0.484 e. The molecule has 0 saturated heterocycles. The number of oxazole rings is 1. The Balaban J connectivity index is 1.62. The van der Waals surface area contributed by atoms with Crippen LogP contribution in [0.4, 0.5) is 5.69 Å². The second-order valence-electron chi connectivity index (χ2n) is 6.19. The number of benzene rings is 1. The van der Waals surface area contributed by atoms with Crippen molar-refractivity contribution >= 4 is 11.4 Å². The predicted octanol–water partition coefficient (Wildman–Crippen LogP) is 2.79. The molecule has 134 valence electrons. The average molecular weight is 360 g/mol. The van der Waals surface area contributed by atoms with Crippen molar-refractivity contribution in [3.05, 3.63) is 65.4 Å². The number of rotatable bonds is 4. The normalized spacial score (nSPS) is 15.6. The van der Waals surface area contributed by atoms with Crippen LogP contribution in [0.25, 0.3) is 0 Å². The molecular weight excluding hydrogens is 344 g/mol. The SMILES string of the molecule is N#Cc1cnc2c(n1)CCCC2Oc1ccc(N)c(C(=N)c2cnco2)c1. The number of anilines is 1. The summed E-state index contributed by atoms with van der Waals surface area (Å²) in [5.41, 5.74) is 8.98. The molecule has 8 nitrogen and oxygen atoms in total. The van der Waals surface area contributed by atoms with Crippen molar-refractivity contribution in [1.82, 2.24) is 15.0 Å². The zero-order valence-corrected chi connectivity index (χ0v) is 14.3. The maximum atomic E-state index is 9.00. The Hall–Kier alpha value is -3.73. The molecule has 1 atom stereocenters. The summed E-state index contributed by atoms with van der Waals surface area (Å²) < 4.78 is 11.3. The molecule has 0 aliphatic heterocycles. The fraction of sp³-hybridized carbons (Fsp3) is 0.211. The first kappa shape index (κ1) is 16.7. The van der Waals surface area contributed by atoms with Gasteiger partial charge in [-0.25, -0.2) is 9.97 Å².